The van der Waals surface area contributed by atoms with Crippen LogP contribution in [0.3, 0.4) is 0 Å². The second kappa shape index (κ2) is 5.38. The number of anilines is 1. The first kappa shape index (κ1) is 14.1. The zero-order valence-electron chi connectivity index (χ0n) is 10.7. The maximum absolute atomic E-state index is 12.5. The molecule has 0 saturated carbocycles. The lowest BCUT2D eigenvalue weighted by Crippen LogP contribution is -2.32. The van der Waals surface area contributed by atoms with Crippen molar-refractivity contribution >= 4 is 22.1 Å². The van der Waals surface area contributed by atoms with Gasteiger partial charge in [-0.3, -0.25) is 4.40 Å². The van der Waals surface area contributed by atoms with Gasteiger partial charge in [0.05, 0.1) is 5.69 Å². The summed E-state index contributed by atoms with van der Waals surface area (Å²) in [6, 6.07) is 0. The molecule has 2 aromatic heterocycles. The lowest BCUT2D eigenvalue weighted by Gasteiger charge is -2.20. The van der Waals surface area contributed by atoms with Gasteiger partial charge in [-0.25, -0.2) is 4.98 Å². The number of aromatic nitrogens is 2. The number of fused-ring (bicyclic) bond motifs is 1. The molecule has 2 heterocycles. The van der Waals surface area contributed by atoms with Gasteiger partial charge < -0.3 is 10.2 Å². The van der Waals surface area contributed by atoms with Crippen LogP contribution in [0.2, 0.25) is 0 Å². The molecule has 0 bridgehead atoms. The second-order valence-electron chi connectivity index (χ2n) is 4.19. The Kier molecular flexibility index (Phi) is 4.00. The van der Waals surface area contributed by atoms with Gasteiger partial charge in [0.25, 0.3) is 0 Å². The average molecular weight is 292 g/mol. The van der Waals surface area contributed by atoms with Gasteiger partial charge in [-0.15, -0.1) is 11.3 Å². The highest BCUT2D eigenvalue weighted by Crippen LogP contribution is 2.26. The van der Waals surface area contributed by atoms with Crippen molar-refractivity contribution in [2.45, 2.75) is 19.6 Å². The molecule has 2 aromatic rings. The van der Waals surface area contributed by atoms with Crippen LogP contribution in [0.1, 0.15) is 12.6 Å². The summed E-state index contributed by atoms with van der Waals surface area (Å²) in [5.74, 6) is 0.380. The number of rotatable bonds is 5. The molecule has 0 unspecified atom stereocenters. The predicted molar refractivity (Wildman–Crippen MR) is 69.8 cm³/mol. The van der Waals surface area contributed by atoms with E-state index in [9.17, 15) is 13.2 Å². The summed E-state index contributed by atoms with van der Waals surface area (Å²) in [6.07, 6.45) is -2.41. The Morgan fingerprint density at radius 3 is 2.84 bits per heavy atom. The van der Waals surface area contributed by atoms with E-state index in [0.29, 0.717) is 17.3 Å². The maximum atomic E-state index is 12.5. The molecule has 2 rings (SSSR count). The summed E-state index contributed by atoms with van der Waals surface area (Å²) in [4.78, 5) is 6.13. The summed E-state index contributed by atoms with van der Waals surface area (Å²) in [5.41, 5.74) is 0.754. The molecule has 4 nitrogen and oxygen atoms in total. The third kappa shape index (κ3) is 3.19. The quantitative estimate of drug-likeness (QED) is 0.919. The highest BCUT2D eigenvalue weighted by molar-refractivity contribution is 7.15. The molecule has 0 aliphatic rings. The topological polar surface area (TPSA) is 32.6 Å². The first-order chi connectivity index (χ1) is 8.92. The lowest BCUT2D eigenvalue weighted by molar-refractivity contribution is -0.119. The third-order valence-electron chi connectivity index (χ3n) is 2.66. The Morgan fingerprint density at radius 1 is 1.47 bits per heavy atom. The van der Waals surface area contributed by atoms with Crippen molar-refractivity contribution in [3.05, 3.63) is 17.3 Å². The van der Waals surface area contributed by atoms with E-state index in [2.05, 4.69) is 10.3 Å². The molecule has 0 aliphatic carbocycles. The Labute approximate surface area is 112 Å². The van der Waals surface area contributed by atoms with E-state index in [4.69, 9.17) is 0 Å². The van der Waals surface area contributed by atoms with Gasteiger partial charge in [-0.05, 0) is 6.54 Å². The molecule has 0 aliphatic heterocycles. The van der Waals surface area contributed by atoms with Crippen molar-refractivity contribution in [2.75, 3.05) is 25.0 Å². The fourth-order valence-electron chi connectivity index (χ4n) is 1.88. The molecule has 19 heavy (non-hydrogen) atoms. The summed E-state index contributed by atoms with van der Waals surface area (Å²) >= 11 is 1.41. The van der Waals surface area contributed by atoms with Gasteiger partial charge in [0.2, 0.25) is 0 Å². The molecule has 0 spiro atoms. The van der Waals surface area contributed by atoms with E-state index in [1.165, 1.54) is 18.4 Å². The van der Waals surface area contributed by atoms with Crippen LogP contribution < -0.4 is 10.2 Å². The standard InChI is InChI=1S/C11H15F3N4S/c1-3-15-6-8-9(17(2)7-11(12,13)14)16-10-18(8)4-5-19-10/h4-5,15H,3,6-7H2,1-2H3. The molecular formula is C11H15F3N4S. The Bertz CT molecular complexity index is 546. The van der Waals surface area contributed by atoms with E-state index in [1.54, 1.807) is 0 Å². The molecule has 106 valence electrons. The van der Waals surface area contributed by atoms with Crippen LogP contribution in [0.15, 0.2) is 11.6 Å². The number of imidazole rings is 1. The van der Waals surface area contributed by atoms with Gasteiger partial charge >= 0.3 is 6.18 Å². The third-order valence-corrected chi connectivity index (χ3v) is 3.42. The van der Waals surface area contributed by atoms with Crippen LogP contribution in [0, 0.1) is 0 Å². The van der Waals surface area contributed by atoms with Crippen molar-refractivity contribution < 1.29 is 13.2 Å². The minimum atomic E-state index is -4.23. The van der Waals surface area contributed by atoms with Crippen molar-refractivity contribution in [3.8, 4) is 0 Å². The minimum Gasteiger partial charge on any atom is -0.349 e. The maximum Gasteiger partial charge on any atom is 0.405 e. The Hall–Kier alpha value is -1.28. The van der Waals surface area contributed by atoms with Crippen molar-refractivity contribution in [3.63, 3.8) is 0 Å². The van der Waals surface area contributed by atoms with Crippen LogP contribution >= 0.6 is 11.3 Å². The molecule has 0 fully saturated rings. The molecule has 8 heteroatoms. The fourth-order valence-corrected chi connectivity index (χ4v) is 2.61. The van der Waals surface area contributed by atoms with E-state index in [1.807, 2.05) is 22.9 Å². The SMILES string of the molecule is CCNCc1c(N(C)CC(F)(F)F)nc2sccn12. The van der Waals surface area contributed by atoms with Gasteiger partial charge in [-0.1, -0.05) is 6.92 Å². The Balaban J connectivity index is 2.32. The van der Waals surface area contributed by atoms with Crippen LogP contribution in [0.4, 0.5) is 19.0 Å². The van der Waals surface area contributed by atoms with Crippen molar-refractivity contribution in [1.29, 1.82) is 0 Å². The zero-order chi connectivity index (χ0) is 14.0. The first-order valence-corrected chi connectivity index (χ1v) is 6.73. The van der Waals surface area contributed by atoms with Gasteiger partial charge in [0, 0.05) is 25.2 Å². The predicted octanol–water partition coefficient (Wildman–Crippen LogP) is 2.50. The monoisotopic (exact) mass is 292 g/mol. The lowest BCUT2D eigenvalue weighted by atomic mass is 10.3. The minimum absolute atomic E-state index is 0.380. The summed E-state index contributed by atoms with van der Waals surface area (Å²) in [5, 5.41) is 4.99. The molecule has 0 atom stereocenters. The van der Waals surface area contributed by atoms with Crippen molar-refractivity contribution in [1.82, 2.24) is 14.7 Å². The number of nitrogens with zero attached hydrogens (tertiary/aromatic N) is 3. The smallest absolute Gasteiger partial charge is 0.349 e. The summed E-state index contributed by atoms with van der Waals surface area (Å²) in [6.45, 7) is 2.19. The number of alkyl halides is 3. The van der Waals surface area contributed by atoms with Crippen LogP contribution in [0.5, 0.6) is 0 Å². The van der Waals surface area contributed by atoms with Crippen molar-refractivity contribution in [2.24, 2.45) is 0 Å². The van der Waals surface area contributed by atoms with E-state index < -0.39 is 12.7 Å². The van der Waals surface area contributed by atoms with E-state index in [-0.39, 0.29) is 0 Å². The van der Waals surface area contributed by atoms with Gasteiger partial charge in [0.1, 0.15) is 6.54 Å². The highest BCUT2D eigenvalue weighted by Gasteiger charge is 2.31. The fraction of sp³-hybridized carbons (Fsp3) is 0.545. The number of nitrogens with one attached hydrogen (secondary N) is 1. The average Bonchev–Trinajstić information content (AvgIpc) is 2.84. The largest absolute Gasteiger partial charge is 0.405 e. The number of thiazole rings is 1. The normalized spacial score (nSPS) is 12.3. The van der Waals surface area contributed by atoms with Gasteiger partial charge in [0.15, 0.2) is 10.8 Å². The first-order valence-electron chi connectivity index (χ1n) is 5.85. The molecule has 1 N–H and O–H groups in total. The summed E-state index contributed by atoms with van der Waals surface area (Å²) in [7, 11) is 1.41. The number of hydrogen-bond donors (Lipinski definition) is 1. The molecule has 0 saturated heterocycles. The molecular weight excluding hydrogens is 277 g/mol. The summed E-state index contributed by atoms with van der Waals surface area (Å²) < 4.78 is 39.2. The zero-order valence-corrected chi connectivity index (χ0v) is 11.5. The van der Waals surface area contributed by atoms with Crippen LogP contribution in [-0.2, 0) is 6.54 Å². The molecule has 0 amide bonds. The Morgan fingerprint density at radius 2 is 2.21 bits per heavy atom. The second-order valence-corrected chi connectivity index (χ2v) is 5.06. The van der Waals surface area contributed by atoms with Crippen LogP contribution in [0.25, 0.3) is 4.96 Å². The van der Waals surface area contributed by atoms with E-state index >= 15 is 0 Å². The van der Waals surface area contributed by atoms with Gasteiger partial charge in [-0.2, -0.15) is 13.2 Å². The molecule has 0 radical (unpaired) electrons. The number of hydrogen-bond acceptors (Lipinski definition) is 4. The molecule has 0 aromatic carbocycles. The van der Waals surface area contributed by atoms with Crippen LogP contribution in [-0.4, -0.2) is 35.7 Å². The highest BCUT2D eigenvalue weighted by atomic mass is 32.1. The van der Waals surface area contributed by atoms with E-state index in [0.717, 1.165) is 17.1 Å². The number of halogens is 3.